The molecule has 2 N–H and O–H groups in total. The number of fused-ring (bicyclic) bond motifs is 1. The molecule has 3 aromatic carbocycles. The lowest BCUT2D eigenvalue weighted by molar-refractivity contribution is -0.143. The lowest BCUT2D eigenvalue weighted by Crippen LogP contribution is -2.35. The number of ether oxygens (including phenoxy) is 2. The number of nitrogens with zero attached hydrogens (tertiary/aromatic N) is 2. The Morgan fingerprint density at radius 3 is 2.23 bits per heavy atom. The van der Waals surface area contributed by atoms with Crippen LogP contribution in [0.25, 0.3) is 0 Å². The molecule has 0 aliphatic carbocycles. The fourth-order valence-electron chi connectivity index (χ4n) is 6.01. The van der Waals surface area contributed by atoms with Crippen LogP contribution in [0, 0.1) is 5.92 Å². The highest BCUT2D eigenvalue weighted by atomic mass is 16.7. The highest BCUT2D eigenvalue weighted by Gasteiger charge is 2.48. The zero-order valence-electron chi connectivity index (χ0n) is 23.5. The predicted octanol–water partition coefficient (Wildman–Crippen LogP) is 5.09. The van der Waals surface area contributed by atoms with E-state index in [-0.39, 0.29) is 25.2 Å². The molecule has 2 heterocycles. The number of carbonyl (C=O) groups excluding carboxylic acids is 1. The van der Waals surface area contributed by atoms with Gasteiger partial charge in [0.25, 0.3) is 0 Å². The van der Waals surface area contributed by atoms with Crippen molar-refractivity contribution in [2.24, 2.45) is 5.92 Å². The van der Waals surface area contributed by atoms with Crippen molar-refractivity contribution in [1.29, 1.82) is 0 Å². The molecule has 8 nitrogen and oxygen atoms in total. The van der Waals surface area contributed by atoms with Crippen molar-refractivity contribution in [3.05, 3.63) is 82.9 Å². The second kappa shape index (κ2) is 11.6. The van der Waals surface area contributed by atoms with Gasteiger partial charge < -0.3 is 24.8 Å². The first-order chi connectivity index (χ1) is 19.3. The van der Waals surface area contributed by atoms with Gasteiger partial charge in [0.1, 0.15) is 0 Å². The summed E-state index contributed by atoms with van der Waals surface area (Å²) in [5.74, 6) is -0.868. The van der Waals surface area contributed by atoms with Gasteiger partial charge in [-0.05, 0) is 59.4 Å². The Labute approximate surface area is 235 Å². The Bertz CT molecular complexity index is 1370. The van der Waals surface area contributed by atoms with Crippen LogP contribution >= 0.6 is 0 Å². The number of carboxylic acids is 1. The van der Waals surface area contributed by atoms with Crippen LogP contribution in [0.15, 0.2) is 60.7 Å². The van der Waals surface area contributed by atoms with Crippen molar-refractivity contribution in [1.82, 2.24) is 4.90 Å². The lowest BCUT2D eigenvalue weighted by atomic mass is 9.82. The largest absolute Gasteiger partial charge is 0.481 e. The van der Waals surface area contributed by atoms with E-state index in [0.29, 0.717) is 18.0 Å². The van der Waals surface area contributed by atoms with Crippen molar-refractivity contribution < 1.29 is 24.2 Å². The molecule has 1 amide bonds. The van der Waals surface area contributed by atoms with Gasteiger partial charge in [0.05, 0.1) is 12.5 Å². The van der Waals surface area contributed by atoms with Gasteiger partial charge in [0.15, 0.2) is 11.5 Å². The Balaban J connectivity index is 1.49. The van der Waals surface area contributed by atoms with Crippen LogP contribution in [-0.4, -0.2) is 55.9 Å². The smallest absolute Gasteiger partial charge is 0.309 e. The third-order valence-electron chi connectivity index (χ3n) is 8.07. The van der Waals surface area contributed by atoms with E-state index in [1.54, 1.807) is 0 Å². The summed E-state index contributed by atoms with van der Waals surface area (Å²) in [4.78, 5) is 30.4. The summed E-state index contributed by atoms with van der Waals surface area (Å²) < 4.78 is 11.1. The molecule has 0 bridgehead atoms. The number of aliphatic carboxylic acids is 1. The third kappa shape index (κ3) is 5.36. The van der Waals surface area contributed by atoms with Crippen molar-refractivity contribution in [3.63, 3.8) is 0 Å². The highest BCUT2D eigenvalue weighted by Crippen LogP contribution is 2.47. The maximum atomic E-state index is 13.6. The van der Waals surface area contributed by atoms with E-state index < -0.39 is 17.9 Å². The minimum absolute atomic E-state index is 0.0755. The molecular formula is C32H37N3O5. The van der Waals surface area contributed by atoms with Crippen LogP contribution in [0.4, 0.5) is 11.4 Å². The normalized spacial score (nSPS) is 19.9. The Hall–Kier alpha value is -4.04. The summed E-state index contributed by atoms with van der Waals surface area (Å²) in [5.41, 5.74) is 5.80. The number of amides is 1. The van der Waals surface area contributed by atoms with Crippen LogP contribution in [0.1, 0.15) is 48.1 Å². The molecule has 0 aromatic heterocycles. The fourth-order valence-corrected chi connectivity index (χ4v) is 6.01. The standard InChI is InChI=1S/C32H37N3O5/c1-5-20-8-7-9-21(6-2)30(20)33-28(36)18-35-17-25(23-12-15-26-27(16-23)40-19-39-26)29(32(37)38)31(35)22-10-13-24(14-11-22)34(3)4/h7-16,25,29,31H,5-6,17-19H2,1-4H3,(H,33,36)(H,37,38)/t25-,29-,31+/m1/s1. The van der Waals surface area contributed by atoms with Gasteiger partial charge >= 0.3 is 5.97 Å². The number of likely N-dealkylation sites (tertiary alicyclic amines) is 1. The second-order valence-corrected chi connectivity index (χ2v) is 10.6. The summed E-state index contributed by atoms with van der Waals surface area (Å²) >= 11 is 0. The van der Waals surface area contributed by atoms with E-state index in [9.17, 15) is 14.7 Å². The van der Waals surface area contributed by atoms with Crippen molar-refractivity contribution in [3.8, 4) is 11.5 Å². The molecule has 2 aliphatic heterocycles. The summed E-state index contributed by atoms with van der Waals surface area (Å²) in [7, 11) is 3.94. The molecule has 3 aromatic rings. The van der Waals surface area contributed by atoms with Gasteiger partial charge in [-0.25, -0.2) is 0 Å². The van der Waals surface area contributed by atoms with Crippen LogP contribution in [-0.2, 0) is 22.4 Å². The fraction of sp³-hybridized carbons (Fsp3) is 0.375. The molecule has 0 radical (unpaired) electrons. The minimum atomic E-state index is -0.892. The van der Waals surface area contributed by atoms with Crippen molar-refractivity contribution in [2.45, 2.75) is 38.6 Å². The number of para-hydroxylation sites is 1. The van der Waals surface area contributed by atoms with E-state index in [4.69, 9.17) is 9.47 Å². The summed E-state index contributed by atoms with van der Waals surface area (Å²) in [6.45, 7) is 4.79. The zero-order valence-corrected chi connectivity index (χ0v) is 23.5. The number of hydrogen-bond donors (Lipinski definition) is 2. The first kappa shape index (κ1) is 27.5. The Morgan fingerprint density at radius 2 is 1.60 bits per heavy atom. The number of hydrogen-bond acceptors (Lipinski definition) is 6. The van der Waals surface area contributed by atoms with Gasteiger partial charge in [-0.3, -0.25) is 14.5 Å². The number of rotatable bonds is 9. The number of aryl methyl sites for hydroxylation is 2. The van der Waals surface area contributed by atoms with E-state index in [0.717, 1.165) is 46.5 Å². The van der Waals surface area contributed by atoms with Crippen LogP contribution in [0.2, 0.25) is 0 Å². The van der Waals surface area contributed by atoms with Gasteiger partial charge in [-0.1, -0.05) is 50.2 Å². The molecule has 40 heavy (non-hydrogen) atoms. The number of carboxylic acid groups (broad SMARTS) is 1. The molecule has 1 saturated heterocycles. The molecular weight excluding hydrogens is 506 g/mol. The molecule has 0 spiro atoms. The maximum absolute atomic E-state index is 13.6. The van der Waals surface area contributed by atoms with Crippen LogP contribution in [0.5, 0.6) is 11.5 Å². The molecule has 3 atom stereocenters. The SMILES string of the molecule is CCc1cccc(CC)c1NC(=O)CN1C[C@H](c2ccc3c(c2)OCO3)[C@@H](C(=O)O)[C@@H]1c1ccc(N(C)C)cc1. The molecule has 5 rings (SSSR count). The minimum Gasteiger partial charge on any atom is -0.481 e. The molecule has 8 heteroatoms. The average molecular weight is 544 g/mol. The number of nitrogens with one attached hydrogen (secondary N) is 1. The molecule has 210 valence electrons. The second-order valence-electron chi connectivity index (χ2n) is 10.6. The van der Waals surface area contributed by atoms with E-state index in [1.807, 2.05) is 84.6 Å². The number of carbonyl (C=O) groups is 2. The Kier molecular flexibility index (Phi) is 7.98. The van der Waals surface area contributed by atoms with Gasteiger partial charge in [0.2, 0.25) is 12.7 Å². The quantitative estimate of drug-likeness (QED) is 0.389. The average Bonchev–Trinajstić information content (AvgIpc) is 3.57. The zero-order chi connectivity index (χ0) is 28.4. The third-order valence-corrected chi connectivity index (χ3v) is 8.07. The van der Waals surface area contributed by atoms with Crippen LogP contribution < -0.4 is 19.7 Å². The topological polar surface area (TPSA) is 91.3 Å². The molecule has 2 aliphatic rings. The monoisotopic (exact) mass is 543 g/mol. The molecule has 0 unspecified atom stereocenters. The van der Waals surface area contributed by atoms with E-state index in [1.165, 1.54) is 0 Å². The van der Waals surface area contributed by atoms with Crippen molar-refractivity contribution in [2.75, 3.05) is 44.2 Å². The first-order valence-electron chi connectivity index (χ1n) is 13.8. The first-order valence-corrected chi connectivity index (χ1v) is 13.8. The number of benzene rings is 3. The van der Waals surface area contributed by atoms with Gasteiger partial charge in [0, 0.05) is 44.0 Å². The van der Waals surface area contributed by atoms with Crippen LogP contribution in [0.3, 0.4) is 0 Å². The number of anilines is 2. The Morgan fingerprint density at radius 1 is 0.950 bits per heavy atom. The van der Waals surface area contributed by atoms with Gasteiger partial charge in [-0.2, -0.15) is 0 Å². The summed E-state index contributed by atoms with van der Waals surface area (Å²) in [6, 6.07) is 19.2. The highest BCUT2D eigenvalue weighted by molar-refractivity contribution is 5.94. The predicted molar refractivity (Wildman–Crippen MR) is 155 cm³/mol. The molecule has 0 saturated carbocycles. The van der Waals surface area contributed by atoms with Gasteiger partial charge in [-0.15, -0.1) is 0 Å². The van der Waals surface area contributed by atoms with Crippen molar-refractivity contribution >= 4 is 23.3 Å². The summed E-state index contributed by atoms with van der Waals surface area (Å²) in [5, 5.41) is 13.7. The lowest BCUT2D eigenvalue weighted by Gasteiger charge is -2.27. The summed E-state index contributed by atoms with van der Waals surface area (Å²) in [6.07, 6.45) is 1.61. The van der Waals surface area contributed by atoms with E-state index >= 15 is 0 Å². The van der Waals surface area contributed by atoms with E-state index in [2.05, 4.69) is 19.2 Å². The molecule has 1 fully saturated rings. The maximum Gasteiger partial charge on any atom is 0.309 e.